The summed E-state index contributed by atoms with van der Waals surface area (Å²) in [6.45, 7) is 0. The van der Waals surface area contributed by atoms with Gasteiger partial charge in [-0.3, -0.25) is 4.79 Å². The molecule has 9 heteroatoms. The zero-order valence-electron chi connectivity index (χ0n) is 16.0. The van der Waals surface area contributed by atoms with Crippen LogP contribution in [0.4, 0.5) is 16.1 Å². The summed E-state index contributed by atoms with van der Waals surface area (Å²) >= 11 is 0. The average Bonchev–Trinajstić information content (AvgIpc) is 3.21. The fourth-order valence-corrected chi connectivity index (χ4v) is 3.23. The first-order valence-corrected chi connectivity index (χ1v) is 9.43. The molecule has 0 fully saturated rings. The number of hydrogen-bond acceptors (Lipinski definition) is 7. The predicted molar refractivity (Wildman–Crippen MR) is 112 cm³/mol. The molecule has 152 valence electrons. The van der Waals surface area contributed by atoms with Crippen LogP contribution in [0.15, 0.2) is 82.3 Å². The van der Waals surface area contributed by atoms with E-state index < -0.39 is 12.1 Å². The van der Waals surface area contributed by atoms with Gasteiger partial charge in [-0.15, -0.1) is 5.10 Å². The van der Waals surface area contributed by atoms with E-state index in [0.717, 1.165) is 11.1 Å². The molecule has 1 aliphatic rings. The summed E-state index contributed by atoms with van der Waals surface area (Å²) < 4.78 is 18.9. The molecule has 2 aromatic heterocycles. The summed E-state index contributed by atoms with van der Waals surface area (Å²) in [6.07, 6.45) is 0.277. The minimum atomic E-state index is -1.02. The number of aliphatic imine (C=N–C) groups is 1. The number of carbonyl (C=O) groups is 1. The predicted octanol–water partition coefficient (Wildman–Crippen LogP) is 3.50. The molecule has 2 N–H and O–H groups in total. The molecule has 0 radical (unpaired) electrons. The van der Waals surface area contributed by atoms with Gasteiger partial charge in [0.15, 0.2) is 0 Å². The van der Waals surface area contributed by atoms with Gasteiger partial charge in [0, 0.05) is 29.0 Å². The molecule has 2 aromatic carbocycles. The van der Waals surface area contributed by atoms with E-state index in [0.29, 0.717) is 17.0 Å². The van der Waals surface area contributed by atoms with Crippen LogP contribution in [0.2, 0.25) is 0 Å². The number of rotatable bonds is 4. The van der Waals surface area contributed by atoms with Crippen LogP contribution in [-0.2, 0) is 4.79 Å². The number of benzodiazepines with no additional fused rings is 1. The molecule has 0 saturated carbocycles. The minimum absolute atomic E-state index is 0.0190. The number of hydrogen-bond donors (Lipinski definition) is 2. The molecule has 0 saturated heterocycles. The molecule has 31 heavy (non-hydrogen) atoms. The molecular formula is C22H15FN6O2. The van der Waals surface area contributed by atoms with Crippen molar-refractivity contribution in [3.8, 4) is 11.5 Å². The van der Waals surface area contributed by atoms with Gasteiger partial charge in [-0.1, -0.05) is 53.6 Å². The van der Waals surface area contributed by atoms with E-state index >= 15 is 0 Å². The van der Waals surface area contributed by atoms with Crippen molar-refractivity contribution in [3.63, 3.8) is 0 Å². The van der Waals surface area contributed by atoms with Gasteiger partial charge in [0.05, 0.1) is 11.4 Å². The summed E-state index contributed by atoms with van der Waals surface area (Å²) in [5.74, 6) is -0.954. The van der Waals surface area contributed by atoms with Crippen LogP contribution < -0.4 is 10.6 Å². The Morgan fingerprint density at radius 2 is 1.77 bits per heavy atom. The van der Waals surface area contributed by atoms with E-state index in [1.54, 1.807) is 6.07 Å². The molecule has 8 nitrogen and oxygen atoms in total. The Morgan fingerprint density at radius 3 is 2.61 bits per heavy atom. The Labute approximate surface area is 175 Å². The first-order chi connectivity index (χ1) is 15.2. The van der Waals surface area contributed by atoms with Crippen LogP contribution in [0.5, 0.6) is 0 Å². The lowest BCUT2D eigenvalue weighted by Gasteiger charge is -2.11. The summed E-state index contributed by atoms with van der Waals surface area (Å²) in [5, 5.41) is 13.5. The van der Waals surface area contributed by atoms with E-state index in [9.17, 15) is 9.18 Å². The SMILES string of the molecule is O=C1Nc2ccccc2C(c2ccccc2)=N[C@@H]1Nc1nnc(-c2ccnc(F)c2)o1. The van der Waals surface area contributed by atoms with E-state index in [2.05, 4.69) is 30.8 Å². The van der Waals surface area contributed by atoms with Gasteiger partial charge >= 0.3 is 6.01 Å². The lowest BCUT2D eigenvalue weighted by Crippen LogP contribution is -2.32. The third kappa shape index (κ3) is 3.76. The van der Waals surface area contributed by atoms with Gasteiger partial charge in [0.2, 0.25) is 18.0 Å². The summed E-state index contributed by atoms with van der Waals surface area (Å²) in [6, 6.07) is 19.7. The average molecular weight is 414 g/mol. The molecule has 0 spiro atoms. The number of aromatic nitrogens is 3. The molecule has 1 aliphatic heterocycles. The van der Waals surface area contributed by atoms with Gasteiger partial charge in [-0.2, -0.15) is 4.39 Å². The Bertz CT molecular complexity index is 1290. The summed E-state index contributed by atoms with van der Waals surface area (Å²) in [5.41, 5.74) is 3.32. The van der Waals surface area contributed by atoms with Gasteiger partial charge in [-0.05, 0) is 12.1 Å². The molecule has 0 aliphatic carbocycles. The fraction of sp³-hybridized carbons (Fsp3) is 0.0455. The Kier molecular flexibility index (Phi) is 4.68. The Morgan fingerprint density at radius 1 is 0.968 bits per heavy atom. The first kappa shape index (κ1) is 18.6. The van der Waals surface area contributed by atoms with Gasteiger partial charge in [-0.25, -0.2) is 9.98 Å². The zero-order chi connectivity index (χ0) is 21.2. The molecule has 1 amide bonds. The van der Waals surface area contributed by atoms with Crippen molar-refractivity contribution in [2.45, 2.75) is 6.17 Å². The zero-order valence-corrected chi connectivity index (χ0v) is 16.0. The normalized spacial score (nSPS) is 15.5. The smallest absolute Gasteiger partial charge is 0.317 e. The number of nitrogens with one attached hydrogen (secondary N) is 2. The third-order valence-electron chi connectivity index (χ3n) is 4.65. The molecule has 4 aromatic rings. The van der Waals surface area contributed by atoms with Gasteiger partial charge in [0.25, 0.3) is 5.91 Å². The number of carbonyl (C=O) groups excluding carboxylic acids is 1. The molecule has 3 heterocycles. The quantitative estimate of drug-likeness (QED) is 0.495. The molecule has 5 rings (SSSR count). The van der Waals surface area contributed by atoms with Crippen LogP contribution in [-0.4, -0.2) is 33.0 Å². The number of pyridine rings is 1. The van der Waals surface area contributed by atoms with Crippen molar-refractivity contribution in [2.75, 3.05) is 10.6 Å². The highest BCUT2D eigenvalue weighted by Gasteiger charge is 2.27. The van der Waals surface area contributed by atoms with Gasteiger partial charge < -0.3 is 15.1 Å². The number of fused-ring (bicyclic) bond motifs is 1. The maximum atomic E-state index is 13.4. The highest BCUT2D eigenvalue weighted by molar-refractivity contribution is 6.19. The molecular weight excluding hydrogens is 399 g/mol. The van der Waals surface area contributed by atoms with Crippen molar-refractivity contribution in [1.29, 1.82) is 0 Å². The van der Waals surface area contributed by atoms with Crippen LogP contribution in [0.25, 0.3) is 11.5 Å². The minimum Gasteiger partial charge on any atom is -0.403 e. The summed E-state index contributed by atoms with van der Waals surface area (Å²) in [4.78, 5) is 21.0. The van der Waals surface area contributed by atoms with Crippen molar-refractivity contribution >= 4 is 23.3 Å². The Balaban J connectivity index is 1.50. The van der Waals surface area contributed by atoms with E-state index in [-0.39, 0.29) is 17.8 Å². The van der Waals surface area contributed by atoms with E-state index in [1.807, 2.05) is 54.6 Å². The number of amides is 1. The second-order valence-electron chi connectivity index (χ2n) is 6.71. The summed E-state index contributed by atoms with van der Waals surface area (Å²) in [7, 11) is 0. The monoisotopic (exact) mass is 414 g/mol. The number of para-hydroxylation sites is 1. The number of benzene rings is 2. The number of halogens is 1. The first-order valence-electron chi connectivity index (χ1n) is 9.43. The van der Waals surface area contributed by atoms with E-state index in [4.69, 9.17) is 4.42 Å². The fourth-order valence-electron chi connectivity index (χ4n) is 3.23. The lowest BCUT2D eigenvalue weighted by atomic mass is 10.0. The maximum Gasteiger partial charge on any atom is 0.317 e. The highest BCUT2D eigenvalue weighted by atomic mass is 19.1. The van der Waals surface area contributed by atoms with Crippen LogP contribution in [0.3, 0.4) is 0 Å². The van der Waals surface area contributed by atoms with Gasteiger partial charge in [0.1, 0.15) is 0 Å². The highest BCUT2D eigenvalue weighted by Crippen LogP contribution is 2.25. The van der Waals surface area contributed by atoms with Crippen molar-refractivity contribution in [3.05, 3.63) is 90.0 Å². The third-order valence-corrected chi connectivity index (χ3v) is 4.65. The lowest BCUT2D eigenvalue weighted by molar-refractivity contribution is -0.116. The van der Waals surface area contributed by atoms with E-state index in [1.165, 1.54) is 12.3 Å². The molecule has 0 unspecified atom stereocenters. The molecule has 1 atom stereocenters. The van der Waals surface area contributed by atoms with Crippen molar-refractivity contribution in [2.24, 2.45) is 4.99 Å². The van der Waals surface area contributed by atoms with Crippen molar-refractivity contribution < 1.29 is 13.6 Å². The van der Waals surface area contributed by atoms with Crippen LogP contribution >= 0.6 is 0 Å². The van der Waals surface area contributed by atoms with Crippen LogP contribution in [0.1, 0.15) is 11.1 Å². The largest absolute Gasteiger partial charge is 0.403 e. The maximum absolute atomic E-state index is 13.4. The standard InChI is InChI=1S/C22H15FN6O2/c23-17-12-14(10-11-24-17)21-28-29-22(31-21)27-19-20(30)25-16-9-5-4-8-15(16)18(26-19)13-6-2-1-3-7-13/h1-12,19H,(H,25,30)(H,27,29)/t19-/m1/s1. The topological polar surface area (TPSA) is 105 Å². The molecule has 0 bridgehead atoms. The number of anilines is 2. The van der Waals surface area contributed by atoms with Crippen molar-refractivity contribution in [1.82, 2.24) is 15.2 Å². The second-order valence-corrected chi connectivity index (χ2v) is 6.71. The second kappa shape index (κ2) is 7.79. The Hall–Kier alpha value is -4.40. The van der Waals surface area contributed by atoms with Crippen LogP contribution in [0, 0.1) is 5.95 Å². The number of nitrogens with zero attached hydrogens (tertiary/aromatic N) is 4.